The molecule has 0 radical (unpaired) electrons. The van der Waals surface area contributed by atoms with Crippen molar-refractivity contribution in [1.29, 1.82) is 5.26 Å². The molecule has 1 N–H and O–H groups in total. The fourth-order valence-electron chi connectivity index (χ4n) is 2.24. The Labute approximate surface area is 89.5 Å². The SMILES string of the molecule is C=CC1(O)CC(C#N)(c2ccccc2)C1. The van der Waals surface area contributed by atoms with E-state index in [1.54, 1.807) is 0 Å². The molecule has 0 aliphatic heterocycles. The third kappa shape index (κ3) is 1.45. The second-order valence-corrected chi connectivity index (χ2v) is 4.22. The highest BCUT2D eigenvalue weighted by molar-refractivity contribution is 5.40. The van der Waals surface area contributed by atoms with E-state index >= 15 is 0 Å². The van der Waals surface area contributed by atoms with E-state index in [1.807, 2.05) is 30.3 Å². The van der Waals surface area contributed by atoms with Crippen LogP contribution in [0.5, 0.6) is 0 Å². The van der Waals surface area contributed by atoms with Gasteiger partial charge in [-0.25, -0.2) is 0 Å². The molecule has 1 aliphatic rings. The molecule has 2 rings (SSSR count). The predicted molar refractivity (Wildman–Crippen MR) is 58.1 cm³/mol. The molecule has 0 heterocycles. The van der Waals surface area contributed by atoms with Gasteiger partial charge in [-0.05, 0) is 5.56 Å². The van der Waals surface area contributed by atoms with E-state index in [9.17, 15) is 10.4 Å². The van der Waals surface area contributed by atoms with Crippen molar-refractivity contribution in [3.05, 3.63) is 48.6 Å². The van der Waals surface area contributed by atoms with Crippen molar-refractivity contribution in [3.8, 4) is 6.07 Å². The van der Waals surface area contributed by atoms with Crippen molar-refractivity contribution in [2.24, 2.45) is 0 Å². The standard InChI is InChI=1S/C13H13NO/c1-2-13(15)8-12(9-13,10-14)11-6-4-3-5-7-11/h2-7,15H,1,8-9H2. The summed E-state index contributed by atoms with van der Waals surface area (Å²) >= 11 is 0. The molecule has 0 unspecified atom stereocenters. The van der Waals surface area contributed by atoms with Gasteiger partial charge in [-0.2, -0.15) is 5.26 Å². The fourth-order valence-corrected chi connectivity index (χ4v) is 2.24. The summed E-state index contributed by atoms with van der Waals surface area (Å²) in [4.78, 5) is 0. The van der Waals surface area contributed by atoms with E-state index in [0.717, 1.165) is 5.56 Å². The Morgan fingerprint density at radius 1 is 1.33 bits per heavy atom. The lowest BCUT2D eigenvalue weighted by Crippen LogP contribution is -2.52. The summed E-state index contributed by atoms with van der Waals surface area (Å²) in [6, 6.07) is 11.9. The Hall–Kier alpha value is -1.59. The predicted octanol–water partition coefficient (Wildman–Crippen LogP) is 2.16. The van der Waals surface area contributed by atoms with Crippen molar-refractivity contribution < 1.29 is 5.11 Å². The van der Waals surface area contributed by atoms with Crippen LogP contribution in [0.2, 0.25) is 0 Å². The number of hydrogen-bond donors (Lipinski definition) is 1. The molecule has 1 aliphatic carbocycles. The first-order valence-corrected chi connectivity index (χ1v) is 4.97. The summed E-state index contributed by atoms with van der Waals surface area (Å²) in [5.74, 6) is 0. The molecule has 2 nitrogen and oxygen atoms in total. The van der Waals surface area contributed by atoms with Crippen LogP contribution in [0.25, 0.3) is 0 Å². The molecular formula is C13H13NO. The highest BCUT2D eigenvalue weighted by atomic mass is 16.3. The lowest BCUT2D eigenvalue weighted by molar-refractivity contribution is -0.0290. The van der Waals surface area contributed by atoms with E-state index in [4.69, 9.17) is 0 Å². The number of aliphatic hydroxyl groups is 1. The van der Waals surface area contributed by atoms with Gasteiger partial charge in [0.2, 0.25) is 0 Å². The first kappa shape index (κ1) is 9.95. The van der Waals surface area contributed by atoms with E-state index in [2.05, 4.69) is 12.6 Å². The van der Waals surface area contributed by atoms with E-state index in [-0.39, 0.29) is 0 Å². The molecule has 1 fully saturated rings. The summed E-state index contributed by atoms with van der Waals surface area (Å²) in [6.07, 6.45) is 2.43. The maximum atomic E-state index is 9.88. The van der Waals surface area contributed by atoms with Gasteiger partial charge in [0.25, 0.3) is 0 Å². The fraction of sp³-hybridized carbons (Fsp3) is 0.308. The largest absolute Gasteiger partial charge is 0.386 e. The van der Waals surface area contributed by atoms with Crippen LogP contribution in [0.15, 0.2) is 43.0 Å². The maximum Gasteiger partial charge on any atom is 0.0883 e. The molecule has 1 saturated carbocycles. The maximum absolute atomic E-state index is 9.88. The zero-order chi connectivity index (χ0) is 10.9. The van der Waals surface area contributed by atoms with Gasteiger partial charge in [-0.15, -0.1) is 6.58 Å². The smallest absolute Gasteiger partial charge is 0.0883 e. The highest BCUT2D eigenvalue weighted by Crippen LogP contribution is 2.50. The van der Waals surface area contributed by atoms with Crippen molar-refractivity contribution in [3.63, 3.8) is 0 Å². The van der Waals surface area contributed by atoms with Crippen LogP contribution >= 0.6 is 0 Å². The Morgan fingerprint density at radius 3 is 2.40 bits per heavy atom. The van der Waals surface area contributed by atoms with Crippen LogP contribution in [0, 0.1) is 11.3 Å². The molecule has 0 spiro atoms. The van der Waals surface area contributed by atoms with Gasteiger partial charge in [-0.3, -0.25) is 0 Å². The van der Waals surface area contributed by atoms with Gasteiger partial charge in [0.1, 0.15) is 0 Å². The van der Waals surface area contributed by atoms with E-state index in [0.29, 0.717) is 12.8 Å². The average Bonchev–Trinajstić information content (AvgIpc) is 2.26. The Bertz CT molecular complexity index is 410. The number of hydrogen-bond acceptors (Lipinski definition) is 2. The summed E-state index contributed by atoms with van der Waals surface area (Å²) in [6.45, 7) is 3.59. The molecule has 76 valence electrons. The summed E-state index contributed by atoms with van der Waals surface area (Å²) in [7, 11) is 0. The van der Waals surface area contributed by atoms with Gasteiger partial charge >= 0.3 is 0 Å². The topological polar surface area (TPSA) is 44.0 Å². The minimum atomic E-state index is -0.856. The Balaban J connectivity index is 2.30. The molecule has 2 heteroatoms. The first-order chi connectivity index (χ1) is 7.14. The Kier molecular flexibility index (Phi) is 2.13. The van der Waals surface area contributed by atoms with Gasteiger partial charge in [0.05, 0.1) is 17.1 Å². The first-order valence-electron chi connectivity index (χ1n) is 4.97. The summed E-state index contributed by atoms with van der Waals surface area (Å²) in [5, 5.41) is 19.1. The number of benzene rings is 1. The molecule has 15 heavy (non-hydrogen) atoms. The van der Waals surface area contributed by atoms with E-state index in [1.165, 1.54) is 6.08 Å². The second-order valence-electron chi connectivity index (χ2n) is 4.22. The molecule has 1 aromatic carbocycles. The third-order valence-electron chi connectivity index (χ3n) is 3.14. The van der Waals surface area contributed by atoms with Crippen LogP contribution in [0.3, 0.4) is 0 Å². The second kappa shape index (κ2) is 3.22. The molecule has 0 aromatic heterocycles. The van der Waals surface area contributed by atoms with Crippen LogP contribution in [-0.2, 0) is 5.41 Å². The monoisotopic (exact) mass is 199 g/mol. The molecule has 0 amide bonds. The lowest BCUT2D eigenvalue weighted by atomic mass is 9.57. The van der Waals surface area contributed by atoms with Crippen LogP contribution < -0.4 is 0 Å². The highest BCUT2D eigenvalue weighted by Gasteiger charge is 2.53. The van der Waals surface area contributed by atoms with Gasteiger partial charge < -0.3 is 5.11 Å². The molecule has 0 atom stereocenters. The van der Waals surface area contributed by atoms with Crippen LogP contribution in [0.1, 0.15) is 18.4 Å². The van der Waals surface area contributed by atoms with Crippen LogP contribution in [-0.4, -0.2) is 10.7 Å². The molecule has 0 saturated heterocycles. The van der Waals surface area contributed by atoms with E-state index < -0.39 is 11.0 Å². The number of rotatable bonds is 2. The van der Waals surface area contributed by atoms with Crippen LogP contribution in [0.4, 0.5) is 0 Å². The third-order valence-corrected chi connectivity index (χ3v) is 3.14. The number of nitrogens with zero attached hydrogens (tertiary/aromatic N) is 1. The average molecular weight is 199 g/mol. The van der Waals surface area contributed by atoms with Crippen molar-refractivity contribution in [2.45, 2.75) is 23.9 Å². The van der Waals surface area contributed by atoms with Crippen molar-refractivity contribution >= 4 is 0 Å². The number of nitriles is 1. The van der Waals surface area contributed by atoms with Crippen molar-refractivity contribution in [1.82, 2.24) is 0 Å². The normalized spacial score (nSPS) is 33.9. The zero-order valence-corrected chi connectivity index (χ0v) is 8.48. The van der Waals surface area contributed by atoms with Crippen molar-refractivity contribution in [2.75, 3.05) is 0 Å². The van der Waals surface area contributed by atoms with Gasteiger partial charge in [-0.1, -0.05) is 36.4 Å². The summed E-state index contributed by atoms with van der Waals surface area (Å²) in [5.41, 5.74) is -0.394. The molecule has 0 bridgehead atoms. The zero-order valence-electron chi connectivity index (χ0n) is 8.48. The summed E-state index contributed by atoms with van der Waals surface area (Å²) < 4.78 is 0. The quantitative estimate of drug-likeness (QED) is 0.742. The minimum Gasteiger partial charge on any atom is -0.386 e. The van der Waals surface area contributed by atoms with Gasteiger partial charge in [0.15, 0.2) is 0 Å². The molecular weight excluding hydrogens is 186 g/mol. The molecule has 1 aromatic rings. The minimum absolute atomic E-state index is 0.448. The van der Waals surface area contributed by atoms with Gasteiger partial charge in [0, 0.05) is 12.8 Å². The Morgan fingerprint density at radius 2 is 1.93 bits per heavy atom. The lowest BCUT2D eigenvalue weighted by Gasteiger charge is -2.48.